The van der Waals surface area contributed by atoms with Crippen LogP contribution in [-0.4, -0.2) is 15.3 Å². The molecule has 2 heterocycles. The van der Waals surface area contributed by atoms with Crippen LogP contribution < -0.4 is 4.74 Å². The summed E-state index contributed by atoms with van der Waals surface area (Å²) in [6.07, 6.45) is 2.71. The average molecular weight is 327 g/mol. The number of nitrogens with zero attached hydrogens (tertiary/aromatic N) is 2. The Morgan fingerprint density at radius 1 is 1.24 bits per heavy atom. The molecule has 0 radical (unpaired) electrons. The van der Waals surface area contributed by atoms with Crippen molar-refractivity contribution in [2.45, 2.75) is 27.0 Å². The Kier molecular flexibility index (Phi) is 4.59. The predicted molar refractivity (Wildman–Crippen MR) is 82.8 cm³/mol. The lowest BCUT2D eigenvalue weighted by Crippen LogP contribution is -2.33. The number of ketones is 1. The smallest absolute Gasteiger partial charge is 0.237 e. The molecule has 0 fully saturated rings. The van der Waals surface area contributed by atoms with Crippen molar-refractivity contribution in [3.05, 3.63) is 46.8 Å². The zero-order valence-corrected chi connectivity index (χ0v) is 13.5. The summed E-state index contributed by atoms with van der Waals surface area (Å²) in [5.41, 5.74) is -0.558. The molecule has 0 aromatic carbocycles. The average Bonchev–Trinajstić information content (AvgIpc) is 2.86. The zero-order chi connectivity index (χ0) is 15.6. The summed E-state index contributed by atoms with van der Waals surface area (Å²) in [7, 11) is 0. The highest BCUT2D eigenvalue weighted by Gasteiger charge is 2.32. The van der Waals surface area contributed by atoms with Gasteiger partial charge in [0.15, 0.2) is 5.78 Å². The molecular weight excluding hydrogens is 311 g/mol. The fourth-order valence-corrected chi connectivity index (χ4v) is 2.20. The second kappa shape index (κ2) is 6.08. The highest BCUT2D eigenvalue weighted by atomic mass is 35.5. The summed E-state index contributed by atoms with van der Waals surface area (Å²) in [4.78, 5) is 16.6. The van der Waals surface area contributed by atoms with Crippen LogP contribution in [0, 0.1) is 5.41 Å². The number of pyridine rings is 1. The van der Waals surface area contributed by atoms with Gasteiger partial charge in [0.1, 0.15) is 5.15 Å². The molecule has 0 amide bonds. The highest BCUT2D eigenvalue weighted by Crippen LogP contribution is 2.28. The quantitative estimate of drug-likeness (QED) is 0.783. The number of hydrogen-bond acceptors (Lipinski definition) is 3. The van der Waals surface area contributed by atoms with E-state index in [0.717, 1.165) is 0 Å². The Morgan fingerprint density at radius 3 is 2.38 bits per heavy atom. The van der Waals surface area contributed by atoms with Crippen LogP contribution in [0.2, 0.25) is 10.2 Å². The topological polar surface area (TPSA) is 44.1 Å². The van der Waals surface area contributed by atoms with Crippen molar-refractivity contribution in [2.24, 2.45) is 5.41 Å². The summed E-state index contributed by atoms with van der Waals surface area (Å²) < 4.78 is 7.43. The van der Waals surface area contributed by atoms with Crippen LogP contribution in [0.5, 0.6) is 5.88 Å². The van der Waals surface area contributed by atoms with Gasteiger partial charge in [-0.05, 0) is 18.2 Å². The fourth-order valence-electron chi connectivity index (χ4n) is 1.74. The van der Waals surface area contributed by atoms with Crippen LogP contribution in [0.3, 0.4) is 0 Å². The molecule has 0 saturated carbocycles. The fraction of sp³-hybridized carbons (Fsp3) is 0.333. The maximum Gasteiger partial charge on any atom is 0.237 e. The number of rotatable bonds is 4. The molecule has 4 nitrogen and oxygen atoms in total. The summed E-state index contributed by atoms with van der Waals surface area (Å²) >= 11 is 11.8. The van der Waals surface area contributed by atoms with E-state index in [1.807, 2.05) is 32.9 Å². The van der Waals surface area contributed by atoms with E-state index in [1.165, 1.54) is 12.1 Å². The molecular formula is C15H16Cl2N2O2. The molecule has 0 bridgehead atoms. The van der Waals surface area contributed by atoms with E-state index in [2.05, 4.69) is 4.98 Å². The van der Waals surface area contributed by atoms with Gasteiger partial charge in [-0.2, -0.15) is 0 Å². The second-order valence-corrected chi connectivity index (χ2v) is 6.48. The van der Waals surface area contributed by atoms with Crippen molar-refractivity contribution in [3.63, 3.8) is 0 Å². The van der Waals surface area contributed by atoms with Crippen LogP contribution in [0.15, 0.2) is 36.7 Å². The minimum Gasteiger partial charge on any atom is -0.446 e. The minimum absolute atomic E-state index is 0.0726. The molecule has 6 heteroatoms. The van der Waals surface area contributed by atoms with Crippen molar-refractivity contribution in [1.82, 2.24) is 9.55 Å². The molecule has 0 aliphatic heterocycles. The molecule has 112 valence electrons. The monoisotopic (exact) mass is 326 g/mol. The van der Waals surface area contributed by atoms with Gasteiger partial charge in [-0.15, -0.1) is 0 Å². The number of aromatic nitrogens is 2. The van der Waals surface area contributed by atoms with Crippen LogP contribution in [-0.2, 0) is 4.79 Å². The molecule has 0 saturated heterocycles. The maximum atomic E-state index is 12.6. The van der Waals surface area contributed by atoms with Crippen LogP contribution in [0.25, 0.3) is 0 Å². The molecule has 0 aliphatic carbocycles. The summed E-state index contributed by atoms with van der Waals surface area (Å²) in [6.45, 7) is 5.52. The lowest BCUT2D eigenvalue weighted by Gasteiger charge is -2.26. The van der Waals surface area contributed by atoms with E-state index in [9.17, 15) is 4.79 Å². The molecule has 1 atom stereocenters. The van der Waals surface area contributed by atoms with E-state index in [4.69, 9.17) is 27.9 Å². The number of hydrogen-bond donors (Lipinski definition) is 0. The van der Waals surface area contributed by atoms with Gasteiger partial charge in [-0.3, -0.25) is 4.79 Å². The standard InChI is InChI=1S/C15H16Cl2N2O2/c1-15(2,3)13(20)14(19-6-4-5-7-19)21-12-9-10(16)8-11(17)18-12/h4-9,14H,1-3H3. The maximum absolute atomic E-state index is 12.6. The third-order valence-electron chi connectivity index (χ3n) is 2.83. The first-order valence-electron chi connectivity index (χ1n) is 6.44. The molecule has 0 aliphatic rings. The van der Waals surface area contributed by atoms with Gasteiger partial charge >= 0.3 is 0 Å². The first-order chi connectivity index (χ1) is 9.77. The zero-order valence-electron chi connectivity index (χ0n) is 12.0. The van der Waals surface area contributed by atoms with Gasteiger partial charge in [0, 0.05) is 28.9 Å². The van der Waals surface area contributed by atoms with Crippen LogP contribution in [0.1, 0.15) is 27.0 Å². The van der Waals surface area contributed by atoms with Gasteiger partial charge in [-0.1, -0.05) is 44.0 Å². The third-order valence-corrected chi connectivity index (χ3v) is 3.24. The largest absolute Gasteiger partial charge is 0.446 e. The highest BCUT2D eigenvalue weighted by molar-refractivity contribution is 6.34. The van der Waals surface area contributed by atoms with Gasteiger partial charge in [0.05, 0.1) is 0 Å². The van der Waals surface area contributed by atoms with Gasteiger partial charge in [0.25, 0.3) is 0 Å². The Bertz CT molecular complexity index is 613. The van der Waals surface area contributed by atoms with Crippen molar-refractivity contribution in [2.75, 3.05) is 0 Å². The van der Waals surface area contributed by atoms with Gasteiger partial charge < -0.3 is 9.30 Å². The SMILES string of the molecule is CC(C)(C)C(=O)C(Oc1cc(Cl)cc(Cl)n1)n1cccc1. The molecule has 1 unspecified atom stereocenters. The molecule has 0 spiro atoms. The number of ether oxygens (including phenoxy) is 1. The van der Waals surface area contributed by atoms with Gasteiger partial charge in [-0.25, -0.2) is 4.98 Å². The van der Waals surface area contributed by atoms with E-state index < -0.39 is 11.6 Å². The molecule has 21 heavy (non-hydrogen) atoms. The minimum atomic E-state index is -0.818. The van der Waals surface area contributed by atoms with E-state index in [0.29, 0.717) is 5.02 Å². The van der Waals surface area contributed by atoms with Gasteiger partial charge in [0.2, 0.25) is 12.1 Å². The van der Waals surface area contributed by atoms with E-state index in [-0.39, 0.29) is 16.8 Å². The summed E-state index contributed by atoms with van der Waals surface area (Å²) in [5, 5.41) is 0.617. The number of carbonyl (C=O) groups excluding carboxylic acids is 1. The Hall–Kier alpha value is -1.52. The van der Waals surface area contributed by atoms with Crippen molar-refractivity contribution in [1.29, 1.82) is 0 Å². The number of Topliss-reactive ketones (excluding diaryl/α,β-unsaturated/α-hetero) is 1. The molecule has 2 rings (SSSR count). The normalized spacial score (nSPS) is 13.0. The lowest BCUT2D eigenvalue weighted by atomic mass is 9.89. The van der Waals surface area contributed by atoms with E-state index >= 15 is 0 Å². The third kappa shape index (κ3) is 3.99. The van der Waals surface area contributed by atoms with Crippen molar-refractivity contribution in [3.8, 4) is 5.88 Å². The summed E-state index contributed by atoms with van der Waals surface area (Å²) in [6, 6.07) is 6.68. The Labute approximate surface area is 133 Å². The number of halogens is 2. The Morgan fingerprint density at radius 2 is 1.86 bits per heavy atom. The van der Waals surface area contributed by atoms with Crippen molar-refractivity contribution >= 4 is 29.0 Å². The summed E-state index contributed by atoms with van der Waals surface area (Å²) in [5.74, 6) is 0.139. The second-order valence-electron chi connectivity index (χ2n) is 5.66. The molecule has 2 aromatic rings. The Balaban J connectivity index is 2.35. The first-order valence-corrected chi connectivity index (χ1v) is 7.19. The number of carbonyl (C=O) groups is 1. The first kappa shape index (κ1) is 15.9. The molecule has 2 aromatic heterocycles. The van der Waals surface area contributed by atoms with Crippen molar-refractivity contribution < 1.29 is 9.53 Å². The van der Waals surface area contributed by atoms with E-state index in [1.54, 1.807) is 17.0 Å². The van der Waals surface area contributed by atoms with Crippen LogP contribution in [0.4, 0.5) is 0 Å². The predicted octanol–water partition coefficient (Wildman–Crippen LogP) is 4.38. The molecule has 0 N–H and O–H groups in total. The van der Waals surface area contributed by atoms with Crippen LogP contribution >= 0.6 is 23.2 Å². The lowest BCUT2D eigenvalue weighted by molar-refractivity contribution is -0.137.